The Labute approximate surface area is 174 Å². The number of hydrogen-bond donors (Lipinski definition) is 0. The zero-order chi connectivity index (χ0) is 19.8. The van der Waals surface area contributed by atoms with E-state index < -0.39 is 0 Å². The van der Waals surface area contributed by atoms with Gasteiger partial charge in [-0.1, -0.05) is 48.5 Å². The first-order chi connectivity index (χ1) is 14.2. The van der Waals surface area contributed by atoms with Crippen molar-refractivity contribution in [1.29, 1.82) is 0 Å². The third kappa shape index (κ3) is 3.20. The van der Waals surface area contributed by atoms with Gasteiger partial charge in [0.15, 0.2) is 5.82 Å². The SMILES string of the molecule is O=c1c2ccccc2sc2nc(-c3cccs3)n(CCc3ccccc3)c(=O)c12. The van der Waals surface area contributed by atoms with E-state index in [9.17, 15) is 9.59 Å². The van der Waals surface area contributed by atoms with Gasteiger partial charge in [0.25, 0.3) is 5.56 Å². The van der Waals surface area contributed by atoms with Crippen LogP contribution in [0, 0.1) is 0 Å². The quantitative estimate of drug-likeness (QED) is 0.390. The van der Waals surface area contributed by atoms with Crippen LogP contribution in [0.2, 0.25) is 0 Å². The Morgan fingerprint density at radius 2 is 1.69 bits per heavy atom. The van der Waals surface area contributed by atoms with Crippen LogP contribution in [-0.2, 0) is 13.0 Å². The minimum atomic E-state index is -0.263. The summed E-state index contributed by atoms with van der Waals surface area (Å²) in [5.74, 6) is 0.624. The number of nitrogens with zero attached hydrogens (tertiary/aromatic N) is 2. The molecule has 0 spiro atoms. The fourth-order valence-electron chi connectivity index (χ4n) is 3.47. The molecule has 0 amide bonds. The normalized spacial score (nSPS) is 11.3. The third-order valence-electron chi connectivity index (χ3n) is 4.91. The maximum Gasteiger partial charge on any atom is 0.266 e. The van der Waals surface area contributed by atoms with Crippen molar-refractivity contribution in [2.75, 3.05) is 0 Å². The van der Waals surface area contributed by atoms with Gasteiger partial charge >= 0.3 is 0 Å². The van der Waals surface area contributed by atoms with Crippen molar-refractivity contribution in [3.05, 3.63) is 98.3 Å². The molecule has 0 saturated carbocycles. The monoisotopic (exact) mass is 416 g/mol. The first-order valence-corrected chi connectivity index (χ1v) is 11.0. The van der Waals surface area contributed by atoms with Gasteiger partial charge in [0.1, 0.15) is 10.2 Å². The van der Waals surface area contributed by atoms with E-state index in [2.05, 4.69) is 0 Å². The molecule has 5 aromatic rings. The molecule has 0 aliphatic heterocycles. The number of rotatable bonds is 4. The molecule has 0 fully saturated rings. The van der Waals surface area contributed by atoms with Gasteiger partial charge in [0, 0.05) is 16.6 Å². The summed E-state index contributed by atoms with van der Waals surface area (Å²) in [6, 6.07) is 21.3. The maximum absolute atomic E-state index is 13.5. The predicted octanol–water partition coefficient (Wildman–Crippen LogP) is 4.94. The molecule has 29 heavy (non-hydrogen) atoms. The number of hydrogen-bond acceptors (Lipinski definition) is 5. The lowest BCUT2D eigenvalue weighted by atomic mass is 10.1. The number of fused-ring (bicyclic) bond motifs is 2. The number of aryl methyl sites for hydroxylation is 1. The smallest absolute Gasteiger partial charge is 0.266 e. The first kappa shape index (κ1) is 18.0. The molecule has 0 unspecified atom stereocenters. The minimum Gasteiger partial charge on any atom is -0.291 e. The Kier molecular flexibility index (Phi) is 4.58. The van der Waals surface area contributed by atoms with Crippen LogP contribution in [0.5, 0.6) is 0 Å². The van der Waals surface area contributed by atoms with Crippen LogP contribution in [0.1, 0.15) is 5.56 Å². The minimum absolute atomic E-state index is 0.182. The van der Waals surface area contributed by atoms with E-state index in [1.807, 2.05) is 66.0 Å². The predicted molar refractivity (Wildman–Crippen MR) is 121 cm³/mol. The van der Waals surface area contributed by atoms with Crippen molar-refractivity contribution < 1.29 is 0 Å². The van der Waals surface area contributed by atoms with Crippen molar-refractivity contribution in [2.24, 2.45) is 0 Å². The Morgan fingerprint density at radius 3 is 2.48 bits per heavy atom. The van der Waals surface area contributed by atoms with Crippen molar-refractivity contribution in [3.8, 4) is 10.7 Å². The summed E-state index contributed by atoms with van der Waals surface area (Å²) in [6.07, 6.45) is 0.692. The fraction of sp³-hybridized carbons (Fsp3) is 0.0870. The molecule has 0 atom stereocenters. The van der Waals surface area contributed by atoms with Crippen LogP contribution in [0.15, 0.2) is 81.7 Å². The molecule has 0 aliphatic carbocycles. The van der Waals surface area contributed by atoms with E-state index in [1.165, 1.54) is 11.3 Å². The molecule has 0 N–H and O–H groups in total. The first-order valence-electron chi connectivity index (χ1n) is 9.26. The van der Waals surface area contributed by atoms with E-state index in [0.717, 1.165) is 15.1 Å². The molecule has 0 saturated heterocycles. The summed E-state index contributed by atoms with van der Waals surface area (Å²) in [5, 5.41) is 2.72. The topological polar surface area (TPSA) is 52.0 Å². The van der Waals surface area contributed by atoms with Crippen LogP contribution in [0.4, 0.5) is 0 Å². The second kappa shape index (κ2) is 7.39. The van der Waals surface area contributed by atoms with Crippen LogP contribution in [-0.4, -0.2) is 9.55 Å². The molecular formula is C23H16N2O2S2. The molecule has 6 heteroatoms. The lowest BCUT2D eigenvalue weighted by Gasteiger charge is -2.12. The Hall–Kier alpha value is -3.09. The Balaban J connectivity index is 1.77. The van der Waals surface area contributed by atoms with Gasteiger partial charge in [-0.25, -0.2) is 4.98 Å². The average molecular weight is 417 g/mol. The fourth-order valence-corrected chi connectivity index (χ4v) is 5.23. The highest BCUT2D eigenvalue weighted by molar-refractivity contribution is 7.24. The van der Waals surface area contributed by atoms with Crippen LogP contribution < -0.4 is 11.0 Å². The maximum atomic E-state index is 13.5. The lowest BCUT2D eigenvalue weighted by molar-refractivity contribution is 0.672. The van der Waals surface area contributed by atoms with E-state index in [1.54, 1.807) is 22.0 Å². The van der Waals surface area contributed by atoms with Gasteiger partial charge < -0.3 is 0 Å². The second-order valence-electron chi connectivity index (χ2n) is 6.71. The molecule has 0 aliphatic rings. The van der Waals surface area contributed by atoms with Crippen molar-refractivity contribution in [2.45, 2.75) is 13.0 Å². The van der Waals surface area contributed by atoms with Gasteiger partial charge in [-0.2, -0.15) is 0 Å². The van der Waals surface area contributed by atoms with Gasteiger partial charge in [-0.05, 0) is 35.6 Å². The van der Waals surface area contributed by atoms with Crippen LogP contribution >= 0.6 is 22.7 Å². The highest BCUT2D eigenvalue weighted by Gasteiger charge is 2.18. The summed E-state index contributed by atoms with van der Waals surface area (Å²) in [5.41, 5.74) is 0.639. The van der Waals surface area contributed by atoms with E-state index in [-0.39, 0.29) is 16.4 Å². The Morgan fingerprint density at radius 1 is 0.897 bits per heavy atom. The molecule has 3 heterocycles. The van der Waals surface area contributed by atoms with Crippen molar-refractivity contribution >= 4 is 43.0 Å². The second-order valence-corrected chi connectivity index (χ2v) is 8.69. The van der Waals surface area contributed by atoms with Gasteiger partial charge in [-0.15, -0.1) is 22.7 Å². The lowest BCUT2D eigenvalue weighted by Crippen LogP contribution is -2.27. The molecule has 0 radical (unpaired) electrons. The van der Waals surface area contributed by atoms with Crippen molar-refractivity contribution in [3.63, 3.8) is 0 Å². The number of thiophene rings is 1. The van der Waals surface area contributed by atoms with E-state index in [4.69, 9.17) is 4.98 Å². The average Bonchev–Trinajstić information content (AvgIpc) is 3.28. The number of benzene rings is 2. The van der Waals surface area contributed by atoms with E-state index in [0.29, 0.717) is 29.0 Å². The highest BCUT2D eigenvalue weighted by Crippen LogP contribution is 2.27. The van der Waals surface area contributed by atoms with Crippen LogP contribution in [0.3, 0.4) is 0 Å². The van der Waals surface area contributed by atoms with Gasteiger partial charge in [-0.3, -0.25) is 14.2 Å². The van der Waals surface area contributed by atoms with Crippen LogP contribution in [0.25, 0.3) is 31.0 Å². The summed E-state index contributed by atoms with van der Waals surface area (Å²) < 4.78 is 2.50. The molecule has 4 nitrogen and oxygen atoms in total. The summed E-state index contributed by atoms with van der Waals surface area (Å²) >= 11 is 2.94. The highest BCUT2D eigenvalue weighted by atomic mass is 32.1. The summed E-state index contributed by atoms with van der Waals surface area (Å²) in [7, 11) is 0. The number of aromatic nitrogens is 2. The molecule has 3 aromatic heterocycles. The largest absolute Gasteiger partial charge is 0.291 e. The van der Waals surface area contributed by atoms with Crippen molar-refractivity contribution in [1.82, 2.24) is 9.55 Å². The standard InChI is InChI=1S/C23H16N2O2S2/c26-20-16-9-4-5-10-17(16)29-22-19(20)23(27)25(13-12-15-7-2-1-3-8-15)21(24-22)18-11-6-14-28-18/h1-11,14H,12-13H2. The summed E-state index contributed by atoms with van der Waals surface area (Å²) in [4.78, 5) is 32.8. The van der Waals surface area contributed by atoms with E-state index >= 15 is 0 Å². The molecular weight excluding hydrogens is 400 g/mol. The molecule has 5 rings (SSSR count). The Bertz CT molecular complexity index is 1440. The zero-order valence-corrected chi connectivity index (χ0v) is 17.0. The zero-order valence-electron chi connectivity index (χ0n) is 15.4. The third-order valence-corrected chi connectivity index (χ3v) is 6.84. The molecule has 142 valence electrons. The van der Waals surface area contributed by atoms with Gasteiger partial charge in [0.05, 0.1) is 4.88 Å². The molecule has 0 bridgehead atoms. The van der Waals surface area contributed by atoms with Gasteiger partial charge in [0.2, 0.25) is 5.43 Å². The summed E-state index contributed by atoms with van der Waals surface area (Å²) in [6.45, 7) is 0.468. The molecule has 2 aromatic carbocycles.